The molecule has 3 aliphatic carbocycles. The molecule has 3 rings (SSSR count). The quantitative estimate of drug-likeness (QED) is 0.724. The zero-order valence-corrected chi connectivity index (χ0v) is 12.0. The summed E-state index contributed by atoms with van der Waals surface area (Å²) in [5.41, 5.74) is 0. The first-order valence-electron chi connectivity index (χ1n) is 7.31. The minimum absolute atomic E-state index is 0. The van der Waals surface area contributed by atoms with Crippen molar-refractivity contribution >= 4 is 18.3 Å². The van der Waals surface area contributed by atoms with Gasteiger partial charge < -0.3 is 10.6 Å². The van der Waals surface area contributed by atoms with E-state index in [9.17, 15) is 4.79 Å². The van der Waals surface area contributed by atoms with Crippen molar-refractivity contribution in [2.45, 2.75) is 32.6 Å². The summed E-state index contributed by atoms with van der Waals surface area (Å²) in [6.07, 6.45) is 5.38. The molecule has 4 unspecified atom stereocenters. The van der Waals surface area contributed by atoms with Crippen molar-refractivity contribution in [3.63, 3.8) is 0 Å². The summed E-state index contributed by atoms with van der Waals surface area (Å²) in [4.78, 5) is 12.0. The van der Waals surface area contributed by atoms with Gasteiger partial charge in [-0.05, 0) is 55.9 Å². The van der Waals surface area contributed by atoms with E-state index in [4.69, 9.17) is 0 Å². The van der Waals surface area contributed by atoms with Gasteiger partial charge in [-0.15, -0.1) is 12.4 Å². The topological polar surface area (TPSA) is 41.1 Å². The standard InChI is InChI=1S/C14H24N2O.ClH/c1-2-5-15-6-7-16-14(17)13-11-9-3-4-10(8-9)12(11)13;/h9-13,15H,2-8H2,1H3,(H,16,17);1H. The van der Waals surface area contributed by atoms with Gasteiger partial charge in [-0.25, -0.2) is 0 Å². The Hall–Kier alpha value is -0.280. The first-order valence-corrected chi connectivity index (χ1v) is 7.31. The maximum Gasteiger partial charge on any atom is 0.223 e. The van der Waals surface area contributed by atoms with Crippen LogP contribution >= 0.6 is 12.4 Å². The Morgan fingerprint density at radius 2 is 1.78 bits per heavy atom. The number of hydrogen-bond acceptors (Lipinski definition) is 2. The highest BCUT2D eigenvalue weighted by Crippen LogP contribution is 2.69. The molecule has 0 spiro atoms. The van der Waals surface area contributed by atoms with Crippen LogP contribution in [0.1, 0.15) is 32.6 Å². The average Bonchev–Trinajstić information content (AvgIpc) is 2.78. The number of carbonyl (C=O) groups is 1. The third-order valence-electron chi connectivity index (χ3n) is 5.07. The number of amides is 1. The molecular formula is C14H25ClN2O. The maximum absolute atomic E-state index is 12.0. The molecule has 4 atom stereocenters. The second-order valence-electron chi connectivity index (χ2n) is 6.05. The summed E-state index contributed by atoms with van der Waals surface area (Å²) in [7, 11) is 0. The summed E-state index contributed by atoms with van der Waals surface area (Å²) in [5, 5.41) is 6.41. The largest absolute Gasteiger partial charge is 0.355 e. The van der Waals surface area contributed by atoms with Crippen LogP contribution in [0, 0.1) is 29.6 Å². The van der Waals surface area contributed by atoms with Crippen LogP contribution < -0.4 is 10.6 Å². The number of fused-ring (bicyclic) bond motifs is 5. The molecule has 0 radical (unpaired) electrons. The molecule has 0 saturated heterocycles. The number of rotatable bonds is 6. The second-order valence-corrected chi connectivity index (χ2v) is 6.05. The zero-order valence-electron chi connectivity index (χ0n) is 11.2. The Bertz CT molecular complexity index is 294. The maximum atomic E-state index is 12.0. The molecule has 3 fully saturated rings. The van der Waals surface area contributed by atoms with Gasteiger partial charge in [0.2, 0.25) is 5.91 Å². The summed E-state index contributed by atoms with van der Waals surface area (Å²) in [6.45, 7) is 4.92. The molecular weight excluding hydrogens is 248 g/mol. The van der Waals surface area contributed by atoms with Crippen molar-refractivity contribution in [3.8, 4) is 0 Å². The first-order chi connectivity index (χ1) is 8.33. The lowest BCUT2D eigenvalue weighted by atomic mass is 10.0. The van der Waals surface area contributed by atoms with Gasteiger partial charge >= 0.3 is 0 Å². The fourth-order valence-corrected chi connectivity index (χ4v) is 4.37. The Kier molecular flexibility index (Phi) is 4.54. The van der Waals surface area contributed by atoms with E-state index in [-0.39, 0.29) is 12.4 Å². The van der Waals surface area contributed by atoms with Gasteiger partial charge in [0, 0.05) is 19.0 Å². The van der Waals surface area contributed by atoms with Gasteiger partial charge in [-0.3, -0.25) is 4.79 Å². The number of nitrogens with one attached hydrogen (secondary N) is 2. The van der Waals surface area contributed by atoms with Crippen LogP contribution in [-0.4, -0.2) is 25.5 Å². The van der Waals surface area contributed by atoms with Gasteiger partial charge in [-0.1, -0.05) is 6.92 Å². The second kappa shape index (κ2) is 5.79. The molecule has 0 aromatic carbocycles. The molecule has 0 aromatic rings. The molecule has 3 nitrogen and oxygen atoms in total. The van der Waals surface area contributed by atoms with Gasteiger partial charge in [0.05, 0.1) is 0 Å². The van der Waals surface area contributed by atoms with Crippen LogP contribution in [0.5, 0.6) is 0 Å². The fraction of sp³-hybridized carbons (Fsp3) is 0.929. The number of halogens is 1. The molecule has 1 amide bonds. The van der Waals surface area contributed by atoms with E-state index in [1.165, 1.54) is 19.3 Å². The van der Waals surface area contributed by atoms with Crippen LogP contribution in [0.15, 0.2) is 0 Å². The fourth-order valence-electron chi connectivity index (χ4n) is 4.37. The Morgan fingerprint density at radius 3 is 2.39 bits per heavy atom. The van der Waals surface area contributed by atoms with E-state index in [2.05, 4.69) is 17.6 Å². The highest BCUT2D eigenvalue weighted by Gasteiger charge is 2.67. The van der Waals surface area contributed by atoms with Crippen molar-refractivity contribution in [2.75, 3.05) is 19.6 Å². The van der Waals surface area contributed by atoms with E-state index in [1.54, 1.807) is 0 Å². The minimum Gasteiger partial charge on any atom is -0.355 e. The Labute approximate surface area is 116 Å². The lowest BCUT2D eigenvalue weighted by molar-refractivity contribution is -0.123. The first kappa shape index (κ1) is 14.1. The van der Waals surface area contributed by atoms with Crippen molar-refractivity contribution in [1.82, 2.24) is 10.6 Å². The van der Waals surface area contributed by atoms with E-state index in [1.807, 2.05) is 0 Å². The molecule has 0 heterocycles. The molecule has 104 valence electrons. The third-order valence-corrected chi connectivity index (χ3v) is 5.07. The summed E-state index contributed by atoms with van der Waals surface area (Å²) < 4.78 is 0. The van der Waals surface area contributed by atoms with Crippen molar-refractivity contribution < 1.29 is 4.79 Å². The molecule has 3 saturated carbocycles. The molecule has 0 aliphatic heterocycles. The lowest BCUT2D eigenvalue weighted by Gasteiger charge is -2.09. The zero-order chi connectivity index (χ0) is 11.8. The molecule has 0 aromatic heterocycles. The molecule has 3 aliphatic rings. The summed E-state index contributed by atoms with van der Waals surface area (Å²) in [5.74, 6) is 4.09. The van der Waals surface area contributed by atoms with E-state index < -0.39 is 0 Å². The monoisotopic (exact) mass is 272 g/mol. The molecule has 18 heavy (non-hydrogen) atoms. The average molecular weight is 273 g/mol. The van der Waals surface area contributed by atoms with Crippen molar-refractivity contribution in [1.29, 1.82) is 0 Å². The number of carbonyl (C=O) groups excluding carboxylic acids is 1. The van der Waals surface area contributed by atoms with E-state index in [0.29, 0.717) is 11.8 Å². The van der Waals surface area contributed by atoms with E-state index in [0.717, 1.165) is 49.7 Å². The summed E-state index contributed by atoms with van der Waals surface area (Å²) in [6, 6.07) is 0. The highest BCUT2D eigenvalue weighted by molar-refractivity contribution is 5.85. The molecule has 2 bridgehead atoms. The Balaban J connectivity index is 0.00000120. The van der Waals surface area contributed by atoms with Crippen LogP contribution in [0.3, 0.4) is 0 Å². The normalized spacial score (nSPS) is 39.1. The Morgan fingerprint density at radius 1 is 1.11 bits per heavy atom. The molecule has 4 heteroatoms. The summed E-state index contributed by atoms with van der Waals surface area (Å²) >= 11 is 0. The van der Waals surface area contributed by atoms with Crippen molar-refractivity contribution in [2.24, 2.45) is 29.6 Å². The lowest BCUT2D eigenvalue weighted by Crippen LogP contribution is -2.34. The van der Waals surface area contributed by atoms with Gasteiger partial charge in [-0.2, -0.15) is 0 Å². The number of hydrogen-bond donors (Lipinski definition) is 2. The minimum atomic E-state index is 0. The van der Waals surface area contributed by atoms with E-state index >= 15 is 0 Å². The van der Waals surface area contributed by atoms with Crippen molar-refractivity contribution in [3.05, 3.63) is 0 Å². The third kappa shape index (κ3) is 2.39. The van der Waals surface area contributed by atoms with Gasteiger partial charge in [0.1, 0.15) is 0 Å². The van der Waals surface area contributed by atoms with Crippen LogP contribution in [-0.2, 0) is 4.79 Å². The predicted molar refractivity (Wildman–Crippen MR) is 74.7 cm³/mol. The molecule has 2 N–H and O–H groups in total. The SMILES string of the molecule is CCCNCCNC(=O)C1C2C3CCC(C3)C12.Cl. The smallest absolute Gasteiger partial charge is 0.223 e. The van der Waals surface area contributed by atoms with Gasteiger partial charge in [0.15, 0.2) is 0 Å². The van der Waals surface area contributed by atoms with Crippen LogP contribution in [0.25, 0.3) is 0 Å². The van der Waals surface area contributed by atoms with Crippen LogP contribution in [0.4, 0.5) is 0 Å². The predicted octanol–water partition coefficient (Wildman–Crippen LogP) is 1.82. The van der Waals surface area contributed by atoms with Crippen LogP contribution in [0.2, 0.25) is 0 Å². The highest BCUT2D eigenvalue weighted by atomic mass is 35.5. The van der Waals surface area contributed by atoms with Gasteiger partial charge in [0.25, 0.3) is 0 Å².